The fraction of sp³-hybridized carbons (Fsp3) is 0.261. The Morgan fingerprint density at radius 1 is 1.19 bits per heavy atom. The molecule has 0 saturated carbocycles. The van der Waals surface area contributed by atoms with Crippen LogP contribution in [0.2, 0.25) is 0 Å². The molecule has 31 heavy (non-hydrogen) atoms. The molecule has 0 aliphatic heterocycles. The van der Waals surface area contributed by atoms with Crippen LogP contribution in [-0.4, -0.2) is 21.1 Å². The fourth-order valence-electron chi connectivity index (χ4n) is 3.53. The molecule has 6 nitrogen and oxygen atoms in total. The van der Waals surface area contributed by atoms with Crippen molar-refractivity contribution in [2.45, 2.75) is 33.7 Å². The Kier molecular flexibility index (Phi) is 5.73. The van der Waals surface area contributed by atoms with E-state index in [9.17, 15) is 14.0 Å². The molecule has 0 fully saturated rings. The van der Waals surface area contributed by atoms with Crippen LogP contribution in [0.5, 0.6) is 5.75 Å². The first-order valence-electron chi connectivity index (χ1n) is 10.00. The molecule has 3 aromatic heterocycles. The summed E-state index contributed by atoms with van der Waals surface area (Å²) >= 11 is 1.44. The van der Waals surface area contributed by atoms with Gasteiger partial charge in [-0.05, 0) is 38.0 Å². The lowest BCUT2D eigenvalue weighted by Crippen LogP contribution is -2.25. The summed E-state index contributed by atoms with van der Waals surface area (Å²) < 4.78 is 20.4. The summed E-state index contributed by atoms with van der Waals surface area (Å²) in [6.45, 7) is 6.30. The van der Waals surface area contributed by atoms with Gasteiger partial charge in [-0.15, -0.1) is 11.3 Å². The van der Waals surface area contributed by atoms with Crippen molar-refractivity contribution < 1.29 is 9.13 Å². The molecule has 0 aliphatic carbocycles. The Balaban J connectivity index is 1.80. The second-order valence-corrected chi connectivity index (χ2v) is 8.51. The molecule has 0 unspecified atom stereocenters. The highest BCUT2D eigenvalue weighted by Gasteiger charge is 2.19. The molecular formula is C23H22FN3O3S. The van der Waals surface area contributed by atoms with Crippen LogP contribution in [0.1, 0.15) is 29.7 Å². The number of pyridine rings is 1. The second kappa shape index (κ2) is 8.47. The van der Waals surface area contributed by atoms with Crippen molar-refractivity contribution in [1.29, 1.82) is 0 Å². The zero-order chi connectivity index (χ0) is 22.1. The smallest absolute Gasteiger partial charge is 0.263 e. The summed E-state index contributed by atoms with van der Waals surface area (Å²) in [5, 5.41) is 0.505. The zero-order valence-corrected chi connectivity index (χ0v) is 18.3. The summed E-state index contributed by atoms with van der Waals surface area (Å²) in [6.07, 6.45) is 2.33. The van der Waals surface area contributed by atoms with E-state index in [-0.39, 0.29) is 29.1 Å². The van der Waals surface area contributed by atoms with Gasteiger partial charge in [-0.25, -0.2) is 9.37 Å². The third-order valence-corrected chi connectivity index (χ3v) is 6.04. The maximum absolute atomic E-state index is 13.5. The van der Waals surface area contributed by atoms with E-state index in [1.807, 2.05) is 13.8 Å². The first kappa shape index (κ1) is 21.0. The number of aryl methyl sites for hydroxylation is 2. The number of nitrogens with zero attached hydrogens (tertiary/aromatic N) is 2. The van der Waals surface area contributed by atoms with Crippen LogP contribution in [0, 0.1) is 19.7 Å². The van der Waals surface area contributed by atoms with Crippen LogP contribution in [0.25, 0.3) is 21.3 Å². The molecule has 0 aliphatic rings. The summed E-state index contributed by atoms with van der Waals surface area (Å²) in [5.41, 5.74) is 1.68. The van der Waals surface area contributed by atoms with Gasteiger partial charge in [0.15, 0.2) is 5.75 Å². The van der Waals surface area contributed by atoms with Gasteiger partial charge in [0.1, 0.15) is 16.5 Å². The van der Waals surface area contributed by atoms with Crippen LogP contribution in [0.15, 0.2) is 46.1 Å². The topological polar surface area (TPSA) is 77.0 Å². The van der Waals surface area contributed by atoms with Crippen molar-refractivity contribution in [3.63, 3.8) is 0 Å². The van der Waals surface area contributed by atoms with Crippen molar-refractivity contribution in [2.24, 2.45) is 0 Å². The van der Waals surface area contributed by atoms with E-state index in [4.69, 9.17) is 4.74 Å². The lowest BCUT2D eigenvalue weighted by Gasteiger charge is -2.11. The normalized spacial score (nSPS) is 11.2. The molecule has 4 aromatic rings. The summed E-state index contributed by atoms with van der Waals surface area (Å²) in [7, 11) is 0. The summed E-state index contributed by atoms with van der Waals surface area (Å²) in [5.74, 6) is 0.481. The Morgan fingerprint density at radius 2 is 1.94 bits per heavy atom. The van der Waals surface area contributed by atoms with Crippen molar-refractivity contribution >= 4 is 21.6 Å². The van der Waals surface area contributed by atoms with Gasteiger partial charge < -0.3 is 9.72 Å². The maximum atomic E-state index is 13.5. The third kappa shape index (κ3) is 4.03. The van der Waals surface area contributed by atoms with Gasteiger partial charge in [0.05, 0.1) is 18.5 Å². The van der Waals surface area contributed by atoms with Gasteiger partial charge in [0.2, 0.25) is 5.43 Å². The van der Waals surface area contributed by atoms with E-state index in [0.29, 0.717) is 28.3 Å². The Bertz CT molecular complexity index is 1370. The quantitative estimate of drug-likeness (QED) is 0.483. The van der Waals surface area contributed by atoms with Gasteiger partial charge in [-0.1, -0.05) is 19.1 Å². The Hall–Kier alpha value is -3.26. The molecule has 3 heterocycles. The monoisotopic (exact) mass is 439 g/mol. The van der Waals surface area contributed by atoms with E-state index >= 15 is 0 Å². The Morgan fingerprint density at radius 3 is 2.61 bits per heavy atom. The van der Waals surface area contributed by atoms with Crippen LogP contribution in [0.4, 0.5) is 4.39 Å². The lowest BCUT2D eigenvalue weighted by atomic mass is 10.0. The lowest BCUT2D eigenvalue weighted by molar-refractivity contribution is 0.313. The minimum atomic E-state index is -0.331. The van der Waals surface area contributed by atoms with Crippen LogP contribution >= 0.6 is 11.3 Å². The largest absolute Gasteiger partial charge is 0.488 e. The SMILES string of the molecule is CCCOc1c[nH]c(Cn2c(C)nc3sc(C)c(-c4ccc(F)cc4)c3c2=O)cc1=O. The number of hydrogen-bond acceptors (Lipinski definition) is 5. The number of nitrogens with one attached hydrogen (secondary N) is 1. The van der Waals surface area contributed by atoms with E-state index in [0.717, 1.165) is 22.4 Å². The number of H-pyrrole nitrogens is 1. The molecule has 4 rings (SSSR count). The van der Waals surface area contributed by atoms with Gasteiger partial charge in [0, 0.05) is 28.4 Å². The van der Waals surface area contributed by atoms with Crippen LogP contribution < -0.4 is 15.7 Å². The van der Waals surface area contributed by atoms with E-state index < -0.39 is 0 Å². The standard InChI is InChI=1S/C23H22FN3O3S/c1-4-9-30-19-11-25-17(10-18(19)28)12-27-14(3)26-22-21(23(27)29)20(13(2)31-22)15-5-7-16(24)8-6-15/h5-8,10-11H,4,9,12H2,1-3H3,(H,25,28). The number of halogens is 1. The number of benzene rings is 1. The highest BCUT2D eigenvalue weighted by Crippen LogP contribution is 2.35. The number of aromatic amines is 1. The maximum Gasteiger partial charge on any atom is 0.263 e. The van der Waals surface area contributed by atoms with Crippen LogP contribution in [-0.2, 0) is 6.54 Å². The van der Waals surface area contributed by atoms with Gasteiger partial charge in [-0.3, -0.25) is 14.2 Å². The molecule has 0 saturated heterocycles. The number of rotatable bonds is 6. The molecule has 160 valence electrons. The molecule has 1 N–H and O–H groups in total. The van der Waals surface area contributed by atoms with Gasteiger partial charge in [0.25, 0.3) is 5.56 Å². The highest BCUT2D eigenvalue weighted by molar-refractivity contribution is 7.19. The molecule has 0 bridgehead atoms. The highest BCUT2D eigenvalue weighted by atomic mass is 32.1. The molecular weight excluding hydrogens is 417 g/mol. The second-order valence-electron chi connectivity index (χ2n) is 7.31. The van der Waals surface area contributed by atoms with Crippen molar-refractivity contribution in [2.75, 3.05) is 6.61 Å². The Labute approximate surface area is 182 Å². The minimum absolute atomic E-state index is 0.175. The van der Waals surface area contributed by atoms with E-state index in [1.165, 1.54) is 35.7 Å². The number of fused-ring (bicyclic) bond motifs is 1. The zero-order valence-electron chi connectivity index (χ0n) is 17.5. The number of ether oxygens (including phenoxy) is 1. The number of hydrogen-bond donors (Lipinski definition) is 1. The predicted molar refractivity (Wildman–Crippen MR) is 121 cm³/mol. The van der Waals surface area contributed by atoms with Gasteiger partial charge >= 0.3 is 0 Å². The van der Waals surface area contributed by atoms with Crippen LogP contribution in [0.3, 0.4) is 0 Å². The first-order chi connectivity index (χ1) is 14.9. The third-order valence-electron chi connectivity index (χ3n) is 5.04. The average molecular weight is 440 g/mol. The van der Waals surface area contributed by atoms with E-state index in [2.05, 4.69) is 9.97 Å². The first-order valence-corrected chi connectivity index (χ1v) is 10.8. The van der Waals surface area contributed by atoms with E-state index in [1.54, 1.807) is 23.6 Å². The fourth-order valence-corrected chi connectivity index (χ4v) is 4.61. The number of aromatic nitrogens is 3. The summed E-state index contributed by atoms with van der Waals surface area (Å²) in [4.78, 5) is 35.0. The average Bonchev–Trinajstić information content (AvgIpc) is 3.07. The van der Waals surface area contributed by atoms with Crippen molar-refractivity contribution in [3.8, 4) is 16.9 Å². The molecule has 8 heteroatoms. The predicted octanol–water partition coefficient (Wildman–Crippen LogP) is 4.41. The number of thiophene rings is 1. The van der Waals surface area contributed by atoms with Gasteiger partial charge in [-0.2, -0.15) is 0 Å². The molecule has 0 spiro atoms. The van der Waals surface area contributed by atoms with Crippen molar-refractivity contribution in [3.05, 3.63) is 79.3 Å². The molecule has 0 atom stereocenters. The molecule has 0 amide bonds. The summed E-state index contributed by atoms with van der Waals surface area (Å²) in [6, 6.07) is 7.54. The molecule has 1 aromatic carbocycles. The van der Waals surface area contributed by atoms with Crippen molar-refractivity contribution in [1.82, 2.24) is 14.5 Å². The minimum Gasteiger partial charge on any atom is -0.488 e. The molecule has 0 radical (unpaired) electrons.